The van der Waals surface area contributed by atoms with Gasteiger partial charge >= 0.3 is 5.97 Å². The molecule has 0 aromatic heterocycles. The SMILES string of the molecule is Cc1ccc(C)c(C(=O)CCC(=O)NC(CC(F)F)C(=O)O)c1. The lowest BCUT2D eigenvalue weighted by atomic mass is 9.99. The minimum absolute atomic E-state index is 0.114. The van der Waals surface area contributed by atoms with Gasteiger partial charge in [0.1, 0.15) is 6.04 Å². The monoisotopic (exact) mass is 327 g/mol. The van der Waals surface area contributed by atoms with Crippen LogP contribution in [0.2, 0.25) is 0 Å². The number of nitrogens with one attached hydrogen (secondary N) is 1. The van der Waals surface area contributed by atoms with Gasteiger partial charge in [0.05, 0.1) is 0 Å². The lowest BCUT2D eigenvalue weighted by Crippen LogP contribution is -2.42. The number of carboxylic acids is 1. The van der Waals surface area contributed by atoms with Crippen LogP contribution in [0.25, 0.3) is 0 Å². The fraction of sp³-hybridized carbons (Fsp3) is 0.438. The van der Waals surface area contributed by atoms with E-state index in [1.54, 1.807) is 19.1 Å². The van der Waals surface area contributed by atoms with E-state index in [1.165, 1.54) is 0 Å². The molecule has 0 saturated heterocycles. The third kappa shape index (κ3) is 6.14. The van der Waals surface area contributed by atoms with Crippen LogP contribution < -0.4 is 5.32 Å². The summed E-state index contributed by atoms with van der Waals surface area (Å²) in [4.78, 5) is 34.6. The molecule has 0 radical (unpaired) electrons. The van der Waals surface area contributed by atoms with Crippen molar-refractivity contribution in [2.45, 2.75) is 45.6 Å². The molecule has 1 atom stereocenters. The maximum atomic E-state index is 12.2. The van der Waals surface area contributed by atoms with Gasteiger partial charge in [-0.2, -0.15) is 0 Å². The van der Waals surface area contributed by atoms with Crippen molar-refractivity contribution in [3.63, 3.8) is 0 Å². The van der Waals surface area contributed by atoms with Crippen molar-refractivity contribution in [2.75, 3.05) is 0 Å². The molecule has 5 nitrogen and oxygen atoms in total. The molecule has 0 bridgehead atoms. The first kappa shape index (κ1) is 18.7. The van der Waals surface area contributed by atoms with Gasteiger partial charge in [-0.3, -0.25) is 9.59 Å². The molecule has 1 rings (SSSR count). The first-order chi connectivity index (χ1) is 10.7. The van der Waals surface area contributed by atoms with E-state index in [-0.39, 0.29) is 18.6 Å². The predicted octanol–water partition coefficient (Wildman–Crippen LogP) is 2.49. The lowest BCUT2D eigenvalue weighted by Gasteiger charge is -2.14. The number of carboxylic acid groups (broad SMARTS) is 1. The van der Waals surface area contributed by atoms with Crippen LogP contribution in [-0.2, 0) is 9.59 Å². The van der Waals surface area contributed by atoms with Crippen LogP contribution in [0, 0.1) is 13.8 Å². The largest absolute Gasteiger partial charge is 0.480 e. The maximum Gasteiger partial charge on any atom is 0.326 e. The number of amides is 1. The summed E-state index contributed by atoms with van der Waals surface area (Å²) < 4.78 is 24.5. The van der Waals surface area contributed by atoms with Crippen molar-refractivity contribution >= 4 is 17.7 Å². The molecule has 0 spiro atoms. The van der Waals surface area contributed by atoms with Gasteiger partial charge in [-0.05, 0) is 25.5 Å². The quantitative estimate of drug-likeness (QED) is 0.719. The third-order valence-corrected chi connectivity index (χ3v) is 3.32. The number of halogens is 2. The maximum absolute atomic E-state index is 12.2. The van der Waals surface area contributed by atoms with E-state index in [2.05, 4.69) is 0 Å². The number of benzene rings is 1. The second kappa shape index (κ2) is 8.36. The molecule has 1 aromatic rings. The Bertz CT molecular complexity index is 602. The molecule has 0 fully saturated rings. The molecule has 1 amide bonds. The highest BCUT2D eigenvalue weighted by Gasteiger charge is 2.24. The highest BCUT2D eigenvalue weighted by Crippen LogP contribution is 2.14. The number of Topliss-reactive ketones (excluding diaryl/α,β-unsaturated/α-hetero) is 1. The average molecular weight is 327 g/mol. The molecular weight excluding hydrogens is 308 g/mol. The Kier molecular flexibility index (Phi) is 6.81. The van der Waals surface area contributed by atoms with Crippen LogP contribution in [-0.4, -0.2) is 35.2 Å². The Morgan fingerprint density at radius 2 is 1.83 bits per heavy atom. The second-order valence-electron chi connectivity index (χ2n) is 5.33. The summed E-state index contributed by atoms with van der Waals surface area (Å²) in [6.07, 6.45) is -4.17. The Hall–Kier alpha value is -2.31. The Morgan fingerprint density at radius 3 is 2.39 bits per heavy atom. The van der Waals surface area contributed by atoms with E-state index in [0.717, 1.165) is 11.1 Å². The van der Waals surface area contributed by atoms with Crippen molar-refractivity contribution in [2.24, 2.45) is 0 Å². The van der Waals surface area contributed by atoms with Crippen molar-refractivity contribution in [1.82, 2.24) is 5.32 Å². The molecular formula is C16H19F2NO4. The fourth-order valence-corrected chi connectivity index (χ4v) is 2.06. The van der Waals surface area contributed by atoms with Crippen LogP contribution in [0.4, 0.5) is 8.78 Å². The molecule has 7 heteroatoms. The Balaban J connectivity index is 2.59. The third-order valence-electron chi connectivity index (χ3n) is 3.32. The van der Waals surface area contributed by atoms with Crippen molar-refractivity contribution < 1.29 is 28.3 Å². The first-order valence-electron chi connectivity index (χ1n) is 7.11. The first-order valence-corrected chi connectivity index (χ1v) is 7.11. The average Bonchev–Trinajstić information content (AvgIpc) is 2.46. The number of rotatable bonds is 8. The number of hydrogen-bond donors (Lipinski definition) is 2. The minimum atomic E-state index is -2.84. The number of hydrogen-bond acceptors (Lipinski definition) is 3. The highest BCUT2D eigenvalue weighted by atomic mass is 19.3. The summed E-state index contributed by atoms with van der Waals surface area (Å²) in [5.74, 6) is -2.52. The van der Waals surface area contributed by atoms with Crippen molar-refractivity contribution in [3.05, 3.63) is 34.9 Å². The standard InChI is InChI=1S/C16H19F2NO4/c1-9-3-4-10(2)11(7-9)13(20)5-6-15(21)19-12(16(22)23)8-14(17)18/h3-4,7,12,14H,5-6,8H2,1-2H3,(H,19,21)(H,22,23). The van der Waals surface area contributed by atoms with Gasteiger partial charge in [0.15, 0.2) is 5.78 Å². The number of carbonyl (C=O) groups is 3. The van der Waals surface area contributed by atoms with E-state index in [9.17, 15) is 23.2 Å². The number of carbonyl (C=O) groups excluding carboxylic acids is 2. The fourth-order valence-electron chi connectivity index (χ4n) is 2.06. The van der Waals surface area contributed by atoms with E-state index in [4.69, 9.17) is 5.11 Å². The molecule has 0 aliphatic rings. The molecule has 1 aromatic carbocycles. The van der Waals surface area contributed by atoms with Gasteiger partial charge in [-0.1, -0.05) is 17.7 Å². The zero-order valence-electron chi connectivity index (χ0n) is 12.9. The Labute approximate surface area is 132 Å². The minimum Gasteiger partial charge on any atom is -0.480 e. The molecule has 0 aliphatic heterocycles. The van der Waals surface area contributed by atoms with Crippen LogP contribution in [0.5, 0.6) is 0 Å². The van der Waals surface area contributed by atoms with Gasteiger partial charge in [-0.25, -0.2) is 13.6 Å². The van der Waals surface area contributed by atoms with Gasteiger partial charge < -0.3 is 10.4 Å². The van der Waals surface area contributed by atoms with Gasteiger partial charge in [-0.15, -0.1) is 0 Å². The molecule has 0 aliphatic carbocycles. The van der Waals surface area contributed by atoms with E-state index in [0.29, 0.717) is 5.56 Å². The summed E-state index contributed by atoms with van der Waals surface area (Å²) in [5, 5.41) is 10.8. The molecule has 126 valence electrons. The van der Waals surface area contributed by atoms with Crippen molar-refractivity contribution in [1.29, 1.82) is 0 Å². The van der Waals surface area contributed by atoms with Crippen LogP contribution in [0.3, 0.4) is 0 Å². The van der Waals surface area contributed by atoms with Gasteiger partial charge in [0, 0.05) is 24.8 Å². The molecule has 1 unspecified atom stereocenters. The predicted molar refractivity (Wildman–Crippen MR) is 79.7 cm³/mol. The second-order valence-corrected chi connectivity index (χ2v) is 5.33. The van der Waals surface area contributed by atoms with Crippen LogP contribution >= 0.6 is 0 Å². The molecule has 0 heterocycles. The van der Waals surface area contributed by atoms with E-state index < -0.39 is 30.8 Å². The summed E-state index contributed by atoms with van der Waals surface area (Å²) in [6.45, 7) is 3.61. The van der Waals surface area contributed by atoms with Gasteiger partial charge in [0.2, 0.25) is 12.3 Å². The number of aliphatic carboxylic acids is 1. The highest BCUT2D eigenvalue weighted by molar-refractivity contribution is 5.99. The molecule has 0 saturated carbocycles. The van der Waals surface area contributed by atoms with Crippen LogP contribution in [0.15, 0.2) is 18.2 Å². The van der Waals surface area contributed by atoms with Gasteiger partial charge in [0.25, 0.3) is 0 Å². The summed E-state index contributed by atoms with van der Waals surface area (Å²) in [6, 6.07) is 3.72. The smallest absolute Gasteiger partial charge is 0.326 e. The Morgan fingerprint density at radius 1 is 1.17 bits per heavy atom. The van der Waals surface area contributed by atoms with Crippen LogP contribution in [0.1, 0.15) is 40.7 Å². The summed E-state index contributed by atoms with van der Waals surface area (Å²) in [5.41, 5.74) is 2.19. The molecule has 23 heavy (non-hydrogen) atoms. The topological polar surface area (TPSA) is 83.5 Å². The number of alkyl halides is 2. The van der Waals surface area contributed by atoms with Crippen molar-refractivity contribution in [3.8, 4) is 0 Å². The van der Waals surface area contributed by atoms with E-state index >= 15 is 0 Å². The zero-order valence-corrected chi connectivity index (χ0v) is 12.9. The molecule has 2 N–H and O–H groups in total. The normalized spacial score (nSPS) is 12.0. The lowest BCUT2D eigenvalue weighted by molar-refractivity contribution is -0.143. The summed E-state index contributed by atoms with van der Waals surface area (Å²) in [7, 11) is 0. The number of ketones is 1. The zero-order chi connectivity index (χ0) is 17.6. The van der Waals surface area contributed by atoms with E-state index in [1.807, 2.05) is 18.3 Å². The number of aryl methyl sites for hydroxylation is 2. The summed E-state index contributed by atoms with van der Waals surface area (Å²) >= 11 is 0.